The molecule has 1 rings (SSSR count). The lowest BCUT2D eigenvalue weighted by atomic mass is 9.97. The van der Waals surface area contributed by atoms with Crippen LogP contribution in [0.3, 0.4) is 0 Å². The number of aromatic nitrogens is 1. The predicted molar refractivity (Wildman–Crippen MR) is 104 cm³/mol. The van der Waals surface area contributed by atoms with Crippen molar-refractivity contribution in [3.05, 3.63) is 28.2 Å². The Kier molecular flexibility index (Phi) is 6.78. The van der Waals surface area contributed by atoms with Crippen LogP contribution < -0.4 is 4.72 Å². The second-order valence-corrected chi connectivity index (χ2v) is 13.1. The maximum Gasteiger partial charge on any atom is 0.218 e. The van der Waals surface area contributed by atoms with Crippen LogP contribution in [0.2, 0.25) is 0 Å². The average Bonchev–Trinajstić information content (AvgIpc) is 2.47. The minimum absolute atomic E-state index is 0.0539. The van der Waals surface area contributed by atoms with Gasteiger partial charge in [-0.1, -0.05) is 0 Å². The van der Waals surface area contributed by atoms with Gasteiger partial charge in [-0.2, -0.15) is 9.65 Å². The van der Waals surface area contributed by atoms with E-state index in [1.54, 1.807) is 26.8 Å². The fourth-order valence-electron chi connectivity index (χ4n) is 1.96. The monoisotopic (exact) mass is 467 g/mol. The van der Waals surface area contributed by atoms with Crippen molar-refractivity contribution in [3.8, 4) is 6.07 Å². The van der Waals surface area contributed by atoms with Crippen molar-refractivity contribution in [2.24, 2.45) is 0 Å². The van der Waals surface area contributed by atoms with Gasteiger partial charge in [0, 0.05) is 16.2 Å². The van der Waals surface area contributed by atoms with E-state index < -0.39 is 47.6 Å². The molecule has 0 aliphatic rings. The molecule has 1 unspecified atom stereocenters. The highest BCUT2D eigenvalue weighted by atomic mass is 79.9. The van der Waals surface area contributed by atoms with E-state index in [2.05, 4.69) is 25.6 Å². The van der Waals surface area contributed by atoms with Gasteiger partial charge in [0.15, 0.2) is 14.6 Å². The first-order valence-electron chi connectivity index (χ1n) is 7.70. The third-order valence-electron chi connectivity index (χ3n) is 3.80. The van der Waals surface area contributed by atoms with E-state index in [4.69, 9.17) is 0 Å². The molecular weight excluding hydrogens is 445 g/mol. The molecule has 1 aromatic rings. The molecule has 0 aliphatic heterocycles. The van der Waals surface area contributed by atoms with E-state index in [0.717, 1.165) is 0 Å². The number of sulfone groups is 1. The molecule has 0 bridgehead atoms. The Labute approximate surface area is 165 Å². The Morgan fingerprint density at radius 3 is 2.31 bits per heavy atom. The smallest absolute Gasteiger partial charge is 0.218 e. The van der Waals surface area contributed by atoms with E-state index in [9.17, 15) is 22.3 Å². The number of hydrogen-bond acceptors (Lipinski definition) is 5. The van der Waals surface area contributed by atoms with Crippen molar-refractivity contribution in [3.63, 3.8) is 0 Å². The van der Waals surface area contributed by atoms with Gasteiger partial charge in [-0.25, -0.2) is 22.3 Å². The van der Waals surface area contributed by atoms with Crippen molar-refractivity contribution in [2.75, 3.05) is 5.75 Å². The summed E-state index contributed by atoms with van der Waals surface area (Å²) in [6, 6.07) is 3.15. The predicted octanol–water partition coefficient (Wildman–Crippen LogP) is 2.97. The van der Waals surface area contributed by atoms with Crippen molar-refractivity contribution in [1.82, 2.24) is 9.71 Å². The van der Waals surface area contributed by atoms with Crippen LogP contribution in [-0.4, -0.2) is 32.9 Å². The highest BCUT2D eigenvalue weighted by Gasteiger charge is 2.44. The summed E-state index contributed by atoms with van der Waals surface area (Å²) < 4.78 is 53.4. The van der Waals surface area contributed by atoms with Crippen LogP contribution in [0, 0.1) is 17.3 Å². The molecule has 6 nitrogen and oxygen atoms in total. The first-order valence-corrected chi connectivity index (χ1v) is 11.3. The summed E-state index contributed by atoms with van der Waals surface area (Å²) >= 11 is 3.19. The zero-order valence-corrected chi connectivity index (χ0v) is 18.8. The van der Waals surface area contributed by atoms with Crippen LogP contribution in [0.4, 0.5) is 4.39 Å². The van der Waals surface area contributed by atoms with Gasteiger partial charge in [-0.15, -0.1) is 0 Å². The molecule has 1 heterocycles. The number of pyridine rings is 1. The maximum absolute atomic E-state index is 14.4. The second-order valence-electron chi connectivity index (χ2n) is 7.69. The lowest BCUT2D eigenvalue weighted by Crippen LogP contribution is -2.52. The molecule has 26 heavy (non-hydrogen) atoms. The minimum atomic E-state index is -4.00. The SMILES string of the molecule is CC(C)(C)S(=O)N[C@@](C)(CS(=O)(=O)C(C)(C)C#N)c1cc(Br)cnc1F. The Hall–Kier alpha value is -0.890. The Bertz CT molecular complexity index is 860. The van der Waals surface area contributed by atoms with E-state index in [-0.39, 0.29) is 5.56 Å². The van der Waals surface area contributed by atoms with Gasteiger partial charge in [0.1, 0.15) is 0 Å². The molecule has 0 aliphatic carbocycles. The van der Waals surface area contributed by atoms with Crippen LogP contribution in [0.25, 0.3) is 0 Å². The van der Waals surface area contributed by atoms with E-state index in [1.807, 2.05) is 0 Å². The average molecular weight is 468 g/mol. The highest BCUT2D eigenvalue weighted by Crippen LogP contribution is 2.32. The molecule has 0 saturated heterocycles. The van der Waals surface area contributed by atoms with E-state index in [0.29, 0.717) is 4.47 Å². The van der Waals surface area contributed by atoms with E-state index >= 15 is 0 Å². The summed E-state index contributed by atoms with van der Waals surface area (Å²) in [5.41, 5.74) is -1.62. The molecule has 10 heteroatoms. The lowest BCUT2D eigenvalue weighted by Gasteiger charge is -2.35. The normalized spacial score (nSPS) is 16.6. The number of halogens is 2. The van der Waals surface area contributed by atoms with Gasteiger partial charge < -0.3 is 0 Å². The van der Waals surface area contributed by atoms with Crippen LogP contribution >= 0.6 is 15.9 Å². The van der Waals surface area contributed by atoms with Crippen molar-refractivity contribution >= 4 is 36.8 Å². The van der Waals surface area contributed by atoms with Crippen molar-refractivity contribution in [1.29, 1.82) is 5.26 Å². The first-order chi connectivity index (χ1) is 11.6. The zero-order valence-electron chi connectivity index (χ0n) is 15.6. The molecule has 0 amide bonds. The fraction of sp³-hybridized carbons (Fsp3) is 0.625. The summed E-state index contributed by atoms with van der Waals surface area (Å²) in [4.78, 5) is 3.61. The molecule has 0 radical (unpaired) electrons. The minimum Gasteiger partial charge on any atom is -0.242 e. The Morgan fingerprint density at radius 2 is 1.85 bits per heavy atom. The second kappa shape index (κ2) is 7.62. The third-order valence-corrected chi connectivity index (χ3v) is 8.59. The van der Waals surface area contributed by atoms with Crippen molar-refractivity contribution < 1.29 is 17.0 Å². The topological polar surface area (TPSA) is 99.9 Å². The highest BCUT2D eigenvalue weighted by molar-refractivity contribution is 9.10. The van der Waals surface area contributed by atoms with Gasteiger partial charge in [-0.3, -0.25) is 0 Å². The summed E-state index contributed by atoms with van der Waals surface area (Å²) in [5, 5.41) is 9.20. The summed E-state index contributed by atoms with van der Waals surface area (Å²) in [5.74, 6) is -1.50. The zero-order chi connectivity index (χ0) is 20.6. The molecule has 1 N–H and O–H groups in total. The van der Waals surface area contributed by atoms with Crippen LogP contribution in [-0.2, 0) is 26.4 Å². The van der Waals surface area contributed by atoms with Gasteiger partial charge in [0.05, 0.1) is 33.1 Å². The van der Waals surface area contributed by atoms with Gasteiger partial charge in [0.25, 0.3) is 0 Å². The molecule has 1 aromatic heterocycles. The van der Waals surface area contributed by atoms with Crippen molar-refractivity contribution in [2.45, 2.75) is 56.6 Å². The largest absolute Gasteiger partial charge is 0.242 e. The third kappa shape index (κ3) is 5.09. The molecular formula is C16H23BrFN3O3S2. The summed E-state index contributed by atoms with van der Waals surface area (Å²) in [6.45, 7) is 9.12. The fourth-order valence-corrected chi connectivity index (χ4v) is 4.77. The Balaban J connectivity index is 3.56. The molecule has 0 fully saturated rings. The van der Waals surface area contributed by atoms with E-state index in [1.165, 1.54) is 33.0 Å². The molecule has 0 spiro atoms. The standard InChI is InChI=1S/C16H23BrFN3O3S2/c1-14(2,3)25(22)21-16(6,10-26(23,24)15(4,5)9-19)12-7-11(17)8-20-13(12)18/h7-8,21H,10H2,1-6H3/t16-,25?/m0/s1. The number of nitriles is 1. The maximum atomic E-state index is 14.4. The van der Waals surface area contributed by atoms with Gasteiger partial charge >= 0.3 is 0 Å². The number of nitrogens with one attached hydrogen (secondary N) is 1. The molecule has 0 aromatic carbocycles. The quantitative estimate of drug-likeness (QED) is 0.648. The van der Waals surface area contributed by atoms with Gasteiger partial charge in [-0.05, 0) is 63.5 Å². The number of rotatable bonds is 6. The number of nitrogens with zero attached hydrogens (tertiary/aromatic N) is 2. The number of hydrogen-bond donors (Lipinski definition) is 1. The Morgan fingerprint density at radius 1 is 1.31 bits per heavy atom. The molecule has 146 valence electrons. The molecule has 2 atom stereocenters. The van der Waals surface area contributed by atoms with Crippen LogP contribution in [0.1, 0.15) is 47.1 Å². The van der Waals surface area contributed by atoms with Gasteiger partial charge in [0.2, 0.25) is 5.95 Å². The summed E-state index contributed by atoms with van der Waals surface area (Å²) in [6.07, 6.45) is 1.24. The van der Waals surface area contributed by atoms with Crippen LogP contribution in [0.5, 0.6) is 0 Å². The lowest BCUT2D eigenvalue weighted by molar-refractivity contribution is 0.438. The van der Waals surface area contributed by atoms with Crippen LogP contribution in [0.15, 0.2) is 16.7 Å². The first kappa shape index (κ1) is 23.1. The summed E-state index contributed by atoms with van der Waals surface area (Å²) in [7, 11) is -5.70. The molecule has 0 saturated carbocycles.